The Morgan fingerprint density at radius 2 is 2.20 bits per heavy atom. The van der Waals surface area contributed by atoms with Gasteiger partial charge in [-0.2, -0.15) is 0 Å². The zero-order valence-corrected chi connectivity index (χ0v) is 10.7. The molecule has 0 aliphatic carbocycles. The minimum absolute atomic E-state index is 0.0357. The Labute approximate surface area is 101 Å². The van der Waals surface area contributed by atoms with E-state index >= 15 is 0 Å². The van der Waals surface area contributed by atoms with E-state index in [1.54, 1.807) is 12.3 Å². The van der Waals surface area contributed by atoms with Crippen LogP contribution in [0, 0.1) is 0 Å². The van der Waals surface area contributed by atoms with Gasteiger partial charge in [0.25, 0.3) is 0 Å². The summed E-state index contributed by atoms with van der Waals surface area (Å²) in [5.74, 6) is 0.538. The number of rotatable bonds is 4. The fourth-order valence-electron chi connectivity index (χ4n) is 1.11. The number of hydrogen-bond donors (Lipinski definition) is 1. The van der Waals surface area contributed by atoms with Crippen molar-refractivity contribution in [2.24, 2.45) is 0 Å². The SMILES string of the molecule is CC(CS(C)=O)Nc1cc(Cl)nnc1Cl. The molecule has 0 saturated carbocycles. The van der Waals surface area contributed by atoms with E-state index in [2.05, 4.69) is 15.5 Å². The predicted molar refractivity (Wildman–Crippen MR) is 64.1 cm³/mol. The van der Waals surface area contributed by atoms with Crippen LogP contribution in [-0.4, -0.2) is 32.5 Å². The minimum atomic E-state index is -0.856. The zero-order chi connectivity index (χ0) is 11.4. The number of halogens is 2. The Morgan fingerprint density at radius 1 is 1.53 bits per heavy atom. The van der Waals surface area contributed by atoms with Gasteiger partial charge >= 0.3 is 0 Å². The average molecular weight is 268 g/mol. The van der Waals surface area contributed by atoms with Crippen molar-refractivity contribution in [1.29, 1.82) is 0 Å². The van der Waals surface area contributed by atoms with Crippen molar-refractivity contribution in [3.8, 4) is 0 Å². The monoisotopic (exact) mass is 267 g/mol. The second-order valence-corrected chi connectivity index (χ2v) is 5.38. The summed E-state index contributed by atoms with van der Waals surface area (Å²) in [5.41, 5.74) is 0.606. The summed E-state index contributed by atoms with van der Waals surface area (Å²) in [6.07, 6.45) is 1.65. The van der Waals surface area contributed by atoms with Crippen molar-refractivity contribution in [2.75, 3.05) is 17.3 Å². The van der Waals surface area contributed by atoms with Gasteiger partial charge in [0, 0.05) is 34.9 Å². The summed E-state index contributed by atoms with van der Waals surface area (Å²) in [6, 6.07) is 1.62. The standard InChI is InChI=1S/C8H11Cl2N3OS/c1-5(4-15(2)14)11-6-3-7(9)12-13-8(6)10/h3,5H,4H2,1-2H3,(H,11,12). The van der Waals surface area contributed by atoms with Crippen LogP contribution < -0.4 is 5.32 Å². The zero-order valence-electron chi connectivity index (χ0n) is 8.33. The van der Waals surface area contributed by atoms with Crippen molar-refractivity contribution in [3.05, 3.63) is 16.4 Å². The quantitative estimate of drug-likeness (QED) is 0.907. The van der Waals surface area contributed by atoms with Crippen molar-refractivity contribution >= 4 is 39.7 Å². The van der Waals surface area contributed by atoms with Gasteiger partial charge in [-0.3, -0.25) is 4.21 Å². The van der Waals surface area contributed by atoms with Crippen LogP contribution in [0.15, 0.2) is 6.07 Å². The van der Waals surface area contributed by atoms with Crippen molar-refractivity contribution in [2.45, 2.75) is 13.0 Å². The summed E-state index contributed by atoms with van der Waals surface area (Å²) < 4.78 is 11.0. The molecule has 2 atom stereocenters. The molecule has 0 spiro atoms. The van der Waals surface area contributed by atoms with Gasteiger partial charge in [0.1, 0.15) is 0 Å². The Morgan fingerprint density at radius 3 is 2.80 bits per heavy atom. The number of hydrogen-bond acceptors (Lipinski definition) is 4. The highest BCUT2D eigenvalue weighted by Crippen LogP contribution is 2.21. The molecule has 1 aromatic heterocycles. The smallest absolute Gasteiger partial charge is 0.174 e. The molecule has 1 aromatic rings. The van der Waals surface area contributed by atoms with Crippen molar-refractivity contribution in [1.82, 2.24) is 10.2 Å². The van der Waals surface area contributed by atoms with Gasteiger partial charge in [-0.1, -0.05) is 23.2 Å². The second kappa shape index (κ2) is 5.63. The molecule has 1 N–H and O–H groups in total. The van der Waals surface area contributed by atoms with Gasteiger partial charge in [-0.05, 0) is 6.92 Å². The molecule has 0 fully saturated rings. The van der Waals surface area contributed by atoms with E-state index < -0.39 is 10.8 Å². The number of nitrogens with zero attached hydrogens (tertiary/aromatic N) is 2. The first-order valence-electron chi connectivity index (χ1n) is 4.24. The third-order valence-electron chi connectivity index (χ3n) is 1.61. The number of aromatic nitrogens is 2. The van der Waals surface area contributed by atoms with E-state index in [9.17, 15) is 4.21 Å². The van der Waals surface area contributed by atoms with E-state index in [1.165, 1.54) is 0 Å². The lowest BCUT2D eigenvalue weighted by atomic mass is 10.3. The fraction of sp³-hybridized carbons (Fsp3) is 0.500. The summed E-state index contributed by atoms with van der Waals surface area (Å²) in [5, 5.41) is 10.8. The average Bonchev–Trinajstić information content (AvgIpc) is 2.10. The predicted octanol–water partition coefficient (Wildman–Crippen LogP) is 1.96. The van der Waals surface area contributed by atoms with Crippen LogP contribution in [0.4, 0.5) is 5.69 Å². The molecule has 4 nitrogen and oxygen atoms in total. The molecule has 15 heavy (non-hydrogen) atoms. The molecule has 1 rings (SSSR count). The summed E-state index contributed by atoms with van der Waals surface area (Å²) >= 11 is 11.5. The van der Waals surface area contributed by atoms with Crippen LogP contribution in [0.1, 0.15) is 6.92 Å². The van der Waals surface area contributed by atoms with Gasteiger partial charge in [-0.15, -0.1) is 10.2 Å². The highest BCUT2D eigenvalue weighted by molar-refractivity contribution is 7.84. The minimum Gasteiger partial charge on any atom is -0.379 e. The van der Waals surface area contributed by atoms with E-state index in [4.69, 9.17) is 23.2 Å². The second-order valence-electron chi connectivity index (χ2n) is 3.16. The third-order valence-corrected chi connectivity index (χ3v) is 3.04. The van der Waals surface area contributed by atoms with E-state index in [1.807, 2.05) is 6.92 Å². The summed E-state index contributed by atoms with van der Waals surface area (Å²) in [7, 11) is -0.856. The molecule has 7 heteroatoms. The van der Waals surface area contributed by atoms with E-state index in [0.29, 0.717) is 11.4 Å². The molecule has 2 unspecified atom stereocenters. The van der Waals surface area contributed by atoms with Crippen LogP contribution >= 0.6 is 23.2 Å². The molecule has 84 valence electrons. The molecule has 0 saturated heterocycles. The first-order chi connectivity index (χ1) is 6.99. The van der Waals surface area contributed by atoms with Gasteiger partial charge < -0.3 is 5.32 Å². The Balaban J connectivity index is 2.71. The van der Waals surface area contributed by atoms with Crippen LogP contribution in [0.25, 0.3) is 0 Å². The fourth-order valence-corrected chi connectivity index (χ4v) is 2.19. The molecule has 0 amide bonds. The highest BCUT2D eigenvalue weighted by atomic mass is 35.5. The Bertz CT molecular complexity index is 375. The number of nitrogens with one attached hydrogen (secondary N) is 1. The number of anilines is 1. The molecule has 1 heterocycles. The third kappa shape index (κ3) is 4.32. The Kier molecular flexibility index (Phi) is 4.76. The molecule has 0 aliphatic rings. The summed E-state index contributed by atoms with van der Waals surface area (Å²) in [6.45, 7) is 1.91. The lowest BCUT2D eigenvalue weighted by Crippen LogP contribution is -2.22. The van der Waals surface area contributed by atoms with Crippen LogP contribution in [0.2, 0.25) is 10.3 Å². The lowest BCUT2D eigenvalue weighted by Gasteiger charge is -2.14. The van der Waals surface area contributed by atoms with E-state index in [-0.39, 0.29) is 16.3 Å². The maximum Gasteiger partial charge on any atom is 0.174 e. The van der Waals surface area contributed by atoms with Crippen LogP contribution in [0.3, 0.4) is 0 Å². The van der Waals surface area contributed by atoms with Gasteiger partial charge in [-0.25, -0.2) is 0 Å². The lowest BCUT2D eigenvalue weighted by molar-refractivity contribution is 0.683. The van der Waals surface area contributed by atoms with Crippen molar-refractivity contribution in [3.63, 3.8) is 0 Å². The maximum absolute atomic E-state index is 11.0. The van der Waals surface area contributed by atoms with Crippen molar-refractivity contribution < 1.29 is 4.21 Å². The highest BCUT2D eigenvalue weighted by Gasteiger charge is 2.08. The topological polar surface area (TPSA) is 54.9 Å². The normalized spacial score (nSPS) is 14.7. The van der Waals surface area contributed by atoms with E-state index in [0.717, 1.165) is 0 Å². The Hall–Kier alpha value is -0.390. The first-order valence-corrected chi connectivity index (χ1v) is 6.72. The molecule has 0 radical (unpaired) electrons. The van der Waals surface area contributed by atoms with Gasteiger partial charge in [0.15, 0.2) is 10.3 Å². The van der Waals surface area contributed by atoms with Gasteiger partial charge in [0.05, 0.1) is 5.69 Å². The molecular weight excluding hydrogens is 257 g/mol. The molecule has 0 aliphatic heterocycles. The first kappa shape index (κ1) is 12.7. The largest absolute Gasteiger partial charge is 0.379 e. The maximum atomic E-state index is 11.0. The summed E-state index contributed by atoms with van der Waals surface area (Å²) in [4.78, 5) is 0. The molecular formula is C8H11Cl2N3OS. The van der Waals surface area contributed by atoms with Gasteiger partial charge in [0.2, 0.25) is 0 Å². The molecule has 0 aromatic carbocycles. The van der Waals surface area contributed by atoms with Crippen LogP contribution in [0.5, 0.6) is 0 Å². The molecule has 0 bridgehead atoms. The van der Waals surface area contributed by atoms with Crippen LogP contribution in [-0.2, 0) is 10.8 Å².